The van der Waals surface area contributed by atoms with Crippen molar-refractivity contribution in [2.45, 2.75) is 43.8 Å². The second-order valence-corrected chi connectivity index (χ2v) is 7.90. The minimum absolute atomic E-state index is 0.0125. The van der Waals surface area contributed by atoms with E-state index in [9.17, 15) is 22.4 Å². The highest BCUT2D eigenvalue weighted by Gasteiger charge is 2.47. The Bertz CT molecular complexity index is 821. The van der Waals surface area contributed by atoms with E-state index in [1.807, 2.05) is 0 Å². The molecule has 1 aromatic heterocycles. The summed E-state index contributed by atoms with van der Waals surface area (Å²) in [7, 11) is -2.41. The molecule has 0 aromatic carbocycles. The summed E-state index contributed by atoms with van der Waals surface area (Å²) in [6.07, 6.45) is -0.325. The number of rotatable bonds is 5. The van der Waals surface area contributed by atoms with Gasteiger partial charge in [0.1, 0.15) is 4.90 Å². The summed E-state index contributed by atoms with van der Waals surface area (Å²) < 4.78 is 42.9. The van der Waals surface area contributed by atoms with Gasteiger partial charge in [-0.2, -0.15) is 9.82 Å². The van der Waals surface area contributed by atoms with E-state index in [0.29, 0.717) is 11.4 Å². The van der Waals surface area contributed by atoms with Crippen LogP contribution >= 0.6 is 0 Å². The number of aryl methyl sites for hydroxylation is 2. The Labute approximate surface area is 144 Å². The van der Waals surface area contributed by atoms with Crippen LogP contribution in [-0.4, -0.2) is 64.9 Å². The molecule has 1 aliphatic rings. The molecule has 2 atom stereocenters. The molecule has 2 unspecified atom stereocenters. The van der Waals surface area contributed by atoms with Gasteiger partial charge in [0.25, 0.3) is 0 Å². The van der Waals surface area contributed by atoms with E-state index in [1.54, 1.807) is 20.9 Å². The first-order valence-electron chi connectivity index (χ1n) is 7.62. The van der Waals surface area contributed by atoms with Crippen LogP contribution in [0.1, 0.15) is 24.7 Å². The number of hydrogen-bond donors (Lipinski definition) is 2. The Morgan fingerprint density at radius 1 is 1.40 bits per heavy atom. The number of carbonyl (C=O) groups excluding carboxylic acids is 1. The fraction of sp³-hybridized carbons (Fsp3) is 0.643. The number of halogens is 1. The van der Waals surface area contributed by atoms with E-state index in [-0.39, 0.29) is 17.9 Å². The van der Waals surface area contributed by atoms with Gasteiger partial charge in [-0.05, 0) is 20.8 Å². The molecule has 1 aliphatic heterocycles. The number of likely N-dealkylation sites (tertiary alicyclic amines) is 1. The van der Waals surface area contributed by atoms with E-state index in [2.05, 4.69) is 9.82 Å². The van der Waals surface area contributed by atoms with E-state index in [0.717, 1.165) is 4.90 Å². The number of alkyl halides is 1. The third kappa shape index (κ3) is 3.52. The van der Waals surface area contributed by atoms with Gasteiger partial charge in [-0.25, -0.2) is 17.6 Å². The predicted octanol–water partition coefficient (Wildman–Crippen LogP) is -0.271. The molecule has 11 heteroatoms. The monoisotopic (exact) mass is 376 g/mol. The number of carboxylic acid groups (broad SMARTS) is 1. The summed E-state index contributed by atoms with van der Waals surface area (Å²) >= 11 is 0. The maximum absolute atomic E-state index is 14.1. The van der Waals surface area contributed by atoms with Crippen LogP contribution in [0.5, 0.6) is 0 Å². The minimum Gasteiger partial charge on any atom is -0.479 e. The molecule has 2 N–H and O–H groups in total. The average Bonchev–Trinajstić information content (AvgIpc) is 3.00. The van der Waals surface area contributed by atoms with Gasteiger partial charge in [0, 0.05) is 20.0 Å². The third-order valence-corrected chi connectivity index (χ3v) is 6.12. The van der Waals surface area contributed by atoms with Crippen LogP contribution in [0, 0.1) is 13.8 Å². The fourth-order valence-electron chi connectivity index (χ4n) is 2.89. The van der Waals surface area contributed by atoms with Crippen molar-refractivity contribution in [2.24, 2.45) is 7.05 Å². The van der Waals surface area contributed by atoms with Gasteiger partial charge in [0.15, 0.2) is 0 Å². The lowest BCUT2D eigenvalue weighted by Crippen LogP contribution is -2.47. The van der Waals surface area contributed by atoms with Crippen LogP contribution in [0.2, 0.25) is 0 Å². The normalized spacial score (nSPS) is 22.2. The van der Waals surface area contributed by atoms with Crippen LogP contribution in [0.3, 0.4) is 0 Å². The second kappa shape index (κ2) is 6.37. The van der Waals surface area contributed by atoms with Crippen LogP contribution in [0.15, 0.2) is 4.90 Å². The van der Waals surface area contributed by atoms with Crippen molar-refractivity contribution in [3.05, 3.63) is 11.4 Å². The van der Waals surface area contributed by atoms with Crippen LogP contribution in [-0.2, 0) is 26.7 Å². The standard InChI is InChI=1S/C14H21FN4O5S/c1-8-11(10(3)18(4)16-8)25(23,24)17-9(2)12(20)19-6-5-14(15,7-19)13(21)22/h9,17H,5-7H2,1-4H3,(H,21,22). The SMILES string of the molecule is Cc1nn(C)c(C)c1S(=O)(=O)NC(C)C(=O)N1CCC(F)(C(=O)O)C1. The zero-order valence-corrected chi connectivity index (χ0v) is 15.2. The lowest BCUT2D eigenvalue weighted by atomic mass is 10.1. The Kier molecular flexibility index (Phi) is 4.92. The van der Waals surface area contributed by atoms with Crippen LogP contribution in [0.25, 0.3) is 0 Å². The molecule has 140 valence electrons. The molecule has 1 amide bonds. The Balaban J connectivity index is 2.15. The van der Waals surface area contributed by atoms with Crippen molar-refractivity contribution in [2.75, 3.05) is 13.1 Å². The third-order valence-electron chi connectivity index (χ3n) is 4.33. The topological polar surface area (TPSA) is 122 Å². The molecule has 0 spiro atoms. The number of aliphatic carboxylic acids is 1. The first kappa shape index (κ1) is 19.3. The first-order valence-corrected chi connectivity index (χ1v) is 9.11. The number of nitrogens with one attached hydrogen (secondary N) is 1. The summed E-state index contributed by atoms with van der Waals surface area (Å²) in [5, 5.41) is 12.9. The summed E-state index contributed by atoms with van der Waals surface area (Å²) in [6.45, 7) is 3.78. The highest BCUT2D eigenvalue weighted by Crippen LogP contribution is 2.26. The smallest absolute Gasteiger partial charge is 0.343 e. The van der Waals surface area contributed by atoms with Crippen molar-refractivity contribution >= 4 is 21.9 Å². The highest BCUT2D eigenvalue weighted by atomic mass is 32.2. The van der Waals surface area contributed by atoms with E-state index < -0.39 is 40.2 Å². The van der Waals surface area contributed by atoms with E-state index in [1.165, 1.54) is 11.6 Å². The van der Waals surface area contributed by atoms with Gasteiger partial charge in [0.2, 0.25) is 21.6 Å². The summed E-state index contributed by atoms with van der Waals surface area (Å²) in [5.74, 6) is -2.30. The fourth-order valence-corrected chi connectivity index (χ4v) is 4.53. The van der Waals surface area contributed by atoms with Gasteiger partial charge in [0.05, 0.1) is 24.0 Å². The maximum atomic E-state index is 14.1. The molecule has 1 saturated heterocycles. The van der Waals surface area contributed by atoms with Crippen molar-refractivity contribution in [3.63, 3.8) is 0 Å². The summed E-state index contributed by atoms with van der Waals surface area (Å²) in [6, 6.07) is -1.17. The first-order chi connectivity index (χ1) is 11.4. The summed E-state index contributed by atoms with van der Waals surface area (Å²) in [4.78, 5) is 24.3. The molecule has 0 saturated carbocycles. The number of nitrogens with zero attached hydrogens (tertiary/aromatic N) is 3. The lowest BCUT2D eigenvalue weighted by Gasteiger charge is -2.22. The molecule has 9 nitrogen and oxygen atoms in total. The molecular weight excluding hydrogens is 355 g/mol. The maximum Gasteiger partial charge on any atom is 0.343 e. The minimum atomic E-state index is -4.01. The van der Waals surface area contributed by atoms with Gasteiger partial charge >= 0.3 is 5.97 Å². The number of amides is 1. The van der Waals surface area contributed by atoms with Gasteiger partial charge in [-0.15, -0.1) is 0 Å². The quantitative estimate of drug-likeness (QED) is 0.729. The molecule has 0 radical (unpaired) electrons. The zero-order chi connectivity index (χ0) is 19.2. The van der Waals surface area contributed by atoms with Crippen LogP contribution in [0.4, 0.5) is 4.39 Å². The summed E-state index contributed by atoms with van der Waals surface area (Å²) in [5.41, 5.74) is -1.79. The van der Waals surface area contributed by atoms with Gasteiger partial charge < -0.3 is 10.0 Å². The lowest BCUT2D eigenvalue weighted by molar-refractivity contribution is -0.150. The van der Waals surface area contributed by atoms with Gasteiger partial charge in [-0.1, -0.05) is 0 Å². The molecule has 0 aliphatic carbocycles. The van der Waals surface area contributed by atoms with Gasteiger partial charge in [-0.3, -0.25) is 9.48 Å². The largest absolute Gasteiger partial charge is 0.479 e. The number of carbonyl (C=O) groups is 2. The molecule has 2 heterocycles. The Morgan fingerprint density at radius 2 is 2.00 bits per heavy atom. The average molecular weight is 376 g/mol. The molecule has 25 heavy (non-hydrogen) atoms. The zero-order valence-electron chi connectivity index (χ0n) is 14.4. The number of sulfonamides is 1. The van der Waals surface area contributed by atoms with Crippen molar-refractivity contribution in [1.82, 2.24) is 19.4 Å². The van der Waals surface area contributed by atoms with Crippen LogP contribution < -0.4 is 4.72 Å². The molecule has 0 bridgehead atoms. The number of aromatic nitrogens is 2. The van der Waals surface area contributed by atoms with E-state index >= 15 is 0 Å². The highest BCUT2D eigenvalue weighted by molar-refractivity contribution is 7.89. The predicted molar refractivity (Wildman–Crippen MR) is 85.1 cm³/mol. The van der Waals surface area contributed by atoms with E-state index in [4.69, 9.17) is 5.11 Å². The number of carboxylic acids is 1. The van der Waals surface area contributed by atoms with Crippen molar-refractivity contribution in [1.29, 1.82) is 0 Å². The molecule has 1 fully saturated rings. The van der Waals surface area contributed by atoms with Crippen molar-refractivity contribution < 1.29 is 27.5 Å². The molecule has 2 rings (SSSR count). The molecular formula is C14H21FN4O5S. The van der Waals surface area contributed by atoms with Crippen molar-refractivity contribution in [3.8, 4) is 0 Å². The Morgan fingerprint density at radius 3 is 2.44 bits per heavy atom. The number of hydrogen-bond acceptors (Lipinski definition) is 5. The second-order valence-electron chi connectivity index (χ2n) is 6.25. The molecule has 1 aromatic rings. The Hall–Kier alpha value is -2.01.